The van der Waals surface area contributed by atoms with Crippen LogP contribution in [0.4, 0.5) is 0 Å². The smallest absolute Gasteiger partial charge is 0.377 e. The second kappa shape index (κ2) is 7.43. The van der Waals surface area contributed by atoms with E-state index in [1.807, 2.05) is 0 Å². The van der Waals surface area contributed by atoms with Crippen molar-refractivity contribution in [3.05, 3.63) is 0 Å². The first-order valence-corrected chi connectivity index (χ1v) is 8.35. The van der Waals surface area contributed by atoms with Crippen molar-refractivity contribution in [3.63, 3.8) is 0 Å². The zero-order valence-electron chi connectivity index (χ0n) is 11.0. The molecule has 0 aromatic carbocycles. The molecule has 1 aliphatic rings. The Morgan fingerprint density at radius 2 is 1.25 bits per heavy atom. The van der Waals surface area contributed by atoms with Crippen molar-refractivity contribution in [3.8, 4) is 0 Å². The Kier molecular flexibility index (Phi) is 6.57. The summed E-state index contributed by atoms with van der Waals surface area (Å²) in [5.41, 5.74) is 0. The Morgan fingerprint density at radius 1 is 0.812 bits per heavy atom. The van der Waals surface area contributed by atoms with Crippen LogP contribution >= 0.6 is 0 Å². The lowest BCUT2D eigenvalue weighted by Crippen LogP contribution is -2.44. The van der Waals surface area contributed by atoms with E-state index in [-0.39, 0.29) is 0 Å². The van der Waals surface area contributed by atoms with Crippen LogP contribution in [-0.4, -0.2) is 30.1 Å². The quantitative estimate of drug-likeness (QED) is 0.697. The monoisotopic (exact) mass is 246 g/mol. The van der Waals surface area contributed by atoms with Crippen molar-refractivity contribution in [1.82, 2.24) is 0 Å². The van der Waals surface area contributed by atoms with Gasteiger partial charge in [-0.2, -0.15) is 0 Å². The van der Waals surface area contributed by atoms with Crippen LogP contribution in [0.5, 0.6) is 0 Å². The molecule has 1 rings (SSSR count). The van der Waals surface area contributed by atoms with E-state index >= 15 is 0 Å². The Balaban J connectivity index is 2.47. The summed E-state index contributed by atoms with van der Waals surface area (Å²) < 4.78 is 16.5. The molecule has 0 aromatic rings. The highest BCUT2D eigenvalue weighted by Gasteiger charge is 2.40. The minimum absolute atomic E-state index is 0.729. The van der Waals surface area contributed by atoms with Gasteiger partial charge in [-0.15, -0.1) is 0 Å². The van der Waals surface area contributed by atoms with E-state index in [4.69, 9.17) is 13.3 Å². The zero-order chi connectivity index (χ0) is 11.9. The molecule has 1 aliphatic carbocycles. The van der Waals surface area contributed by atoms with Gasteiger partial charge in [-0.3, -0.25) is 0 Å². The molecule has 0 spiro atoms. The van der Waals surface area contributed by atoms with Gasteiger partial charge in [0, 0.05) is 27.4 Å². The van der Waals surface area contributed by atoms with Crippen LogP contribution in [-0.2, 0) is 13.3 Å². The summed E-state index contributed by atoms with van der Waals surface area (Å²) in [5, 5.41) is 0. The number of hydrogen-bond donors (Lipinski definition) is 0. The average molecular weight is 246 g/mol. The summed E-state index contributed by atoms with van der Waals surface area (Å²) in [4.78, 5) is 0. The Bertz CT molecular complexity index is 167. The first-order chi connectivity index (χ1) is 7.76. The standard InChI is InChI=1S/C12H26O3Si/c1-13-16(14-2,15-3)11-12-9-7-5-4-6-8-10-12/h12H,4-11H2,1-3H3. The minimum Gasteiger partial charge on any atom is -0.377 e. The normalized spacial score (nSPS) is 20.4. The maximum atomic E-state index is 5.51. The second-order valence-electron chi connectivity index (χ2n) is 4.71. The Labute approximate surface area is 101 Å². The fraction of sp³-hybridized carbons (Fsp3) is 1.00. The van der Waals surface area contributed by atoms with Crippen molar-refractivity contribution in [2.75, 3.05) is 21.3 Å². The zero-order valence-corrected chi connectivity index (χ0v) is 12.0. The molecule has 0 atom stereocenters. The molecule has 0 heterocycles. The molecular formula is C12H26O3Si. The molecule has 0 bridgehead atoms. The summed E-state index contributed by atoms with van der Waals surface area (Å²) >= 11 is 0. The molecule has 1 saturated carbocycles. The maximum Gasteiger partial charge on any atom is 0.500 e. The number of rotatable bonds is 5. The molecule has 16 heavy (non-hydrogen) atoms. The third-order valence-electron chi connectivity index (χ3n) is 3.70. The highest BCUT2D eigenvalue weighted by Crippen LogP contribution is 2.30. The summed E-state index contributed by atoms with van der Waals surface area (Å²) in [6, 6.07) is 0.983. The van der Waals surface area contributed by atoms with Gasteiger partial charge < -0.3 is 13.3 Å². The van der Waals surface area contributed by atoms with Crippen LogP contribution in [0, 0.1) is 5.92 Å². The van der Waals surface area contributed by atoms with Crippen molar-refractivity contribution in [2.24, 2.45) is 5.92 Å². The Morgan fingerprint density at radius 3 is 1.69 bits per heavy atom. The summed E-state index contributed by atoms with van der Waals surface area (Å²) in [6.07, 6.45) is 9.51. The molecule has 4 heteroatoms. The van der Waals surface area contributed by atoms with E-state index < -0.39 is 8.80 Å². The molecule has 0 radical (unpaired) electrons. The first kappa shape index (κ1) is 14.2. The molecule has 0 aromatic heterocycles. The van der Waals surface area contributed by atoms with E-state index in [0.717, 1.165) is 12.0 Å². The topological polar surface area (TPSA) is 27.7 Å². The molecule has 0 saturated heterocycles. The van der Waals surface area contributed by atoms with Gasteiger partial charge in [0.1, 0.15) is 0 Å². The van der Waals surface area contributed by atoms with Crippen molar-refractivity contribution >= 4 is 8.80 Å². The maximum absolute atomic E-state index is 5.51. The van der Waals surface area contributed by atoms with Crippen LogP contribution in [0.25, 0.3) is 0 Å². The predicted octanol–water partition coefficient (Wildman–Crippen LogP) is 3.23. The molecule has 3 nitrogen and oxygen atoms in total. The summed E-state index contributed by atoms with van der Waals surface area (Å²) in [6.45, 7) is 0. The van der Waals surface area contributed by atoms with Gasteiger partial charge in [0.2, 0.25) is 0 Å². The summed E-state index contributed by atoms with van der Waals surface area (Å²) in [5.74, 6) is 0.729. The van der Waals surface area contributed by atoms with Gasteiger partial charge in [0.25, 0.3) is 0 Å². The van der Waals surface area contributed by atoms with Gasteiger partial charge in [-0.1, -0.05) is 44.9 Å². The molecular weight excluding hydrogens is 220 g/mol. The molecule has 0 aliphatic heterocycles. The molecule has 0 N–H and O–H groups in total. The minimum atomic E-state index is -2.34. The van der Waals surface area contributed by atoms with Gasteiger partial charge in [0.15, 0.2) is 0 Å². The van der Waals surface area contributed by atoms with Gasteiger partial charge in [-0.05, 0) is 5.92 Å². The molecule has 0 unspecified atom stereocenters. The molecule has 0 amide bonds. The predicted molar refractivity (Wildman–Crippen MR) is 67.4 cm³/mol. The van der Waals surface area contributed by atoms with Gasteiger partial charge in [-0.25, -0.2) is 0 Å². The van der Waals surface area contributed by atoms with Crippen molar-refractivity contribution in [2.45, 2.75) is 51.0 Å². The van der Waals surface area contributed by atoms with Crippen LogP contribution in [0.1, 0.15) is 44.9 Å². The average Bonchev–Trinajstić information content (AvgIpc) is 2.29. The van der Waals surface area contributed by atoms with E-state index in [2.05, 4.69) is 0 Å². The lowest BCUT2D eigenvalue weighted by molar-refractivity contribution is 0.116. The van der Waals surface area contributed by atoms with E-state index in [1.165, 1.54) is 44.9 Å². The van der Waals surface area contributed by atoms with E-state index in [0.29, 0.717) is 0 Å². The lowest BCUT2D eigenvalue weighted by Gasteiger charge is -2.29. The molecule has 96 valence electrons. The summed E-state index contributed by atoms with van der Waals surface area (Å²) in [7, 11) is 2.79. The van der Waals surface area contributed by atoms with Crippen LogP contribution < -0.4 is 0 Å². The number of hydrogen-bond acceptors (Lipinski definition) is 3. The highest BCUT2D eigenvalue weighted by molar-refractivity contribution is 6.60. The van der Waals surface area contributed by atoms with Crippen molar-refractivity contribution in [1.29, 1.82) is 0 Å². The van der Waals surface area contributed by atoms with Crippen LogP contribution in [0.15, 0.2) is 0 Å². The fourth-order valence-electron chi connectivity index (χ4n) is 2.60. The Hall–Kier alpha value is 0.0969. The third kappa shape index (κ3) is 4.16. The van der Waals surface area contributed by atoms with Gasteiger partial charge >= 0.3 is 8.80 Å². The van der Waals surface area contributed by atoms with Crippen LogP contribution in [0.2, 0.25) is 6.04 Å². The van der Waals surface area contributed by atoms with E-state index in [9.17, 15) is 0 Å². The highest BCUT2D eigenvalue weighted by atomic mass is 28.4. The van der Waals surface area contributed by atoms with Crippen LogP contribution in [0.3, 0.4) is 0 Å². The fourth-order valence-corrected chi connectivity index (χ4v) is 4.71. The second-order valence-corrected chi connectivity index (χ2v) is 7.71. The SMILES string of the molecule is CO[Si](CC1CCCCCCC1)(OC)OC. The van der Waals surface area contributed by atoms with E-state index in [1.54, 1.807) is 21.3 Å². The van der Waals surface area contributed by atoms with Crippen molar-refractivity contribution < 1.29 is 13.3 Å². The first-order valence-electron chi connectivity index (χ1n) is 6.42. The molecule has 1 fully saturated rings. The third-order valence-corrected chi connectivity index (χ3v) is 6.64. The lowest BCUT2D eigenvalue weighted by atomic mass is 9.93. The van der Waals surface area contributed by atoms with Gasteiger partial charge in [0.05, 0.1) is 0 Å². The largest absolute Gasteiger partial charge is 0.500 e.